The highest BCUT2D eigenvalue weighted by atomic mass is 35.5. The molecule has 27 heavy (non-hydrogen) atoms. The second-order valence-electron chi connectivity index (χ2n) is 6.08. The Balaban J connectivity index is 1.66. The number of ether oxygens (including phenoxy) is 1. The maximum Gasteiger partial charge on any atom is 0.262 e. The molecule has 2 aromatic carbocycles. The van der Waals surface area contributed by atoms with E-state index >= 15 is 0 Å². The highest BCUT2D eigenvalue weighted by Crippen LogP contribution is 2.30. The van der Waals surface area contributed by atoms with Gasteiger partial charge < -0.3 is 15.4 Å². The van der Waals surface area contributed by atoms with Gasteiger partial charge in [0.25, 0.3) is 5.91 Å². The average molecular weight is 409 g/mol. The molecule has 7 nitrogen and oxygen atoms in total. The van der Waals surface area contributed by atoms with E-state index in [2.05, 4.69) is 10.6 Å². The van der Waals surface area contributed by atoms with Crippen molar-refractivity contribution >= 4 is 44.6 Å². The standard InChI is InChI=1S/C18H17ClN2O5S/c1-11-2-3-12(8-14(11)19)20-17(22)6-7-27(24,25)13-4-5-16-15(9-13)21-18(23)10-26-16/h2-5,8-9H,6-7,10H2,1H3,(H,20,22)(H,21,23). The number of anilines is 2. The Hall–Kier alpha value is -2.58. The Morgan fingerprint density at radius 1 is 1.26 bits per heavy atom. The predicted molar refractivity (Wildman–Crippen MR) is 102 cm³/mol. The van der Waals surface area contributed by atoms with Gasteiger partial charge in [0, 0.05) is 17.1 Å². The zero-order valence-corrected chi connectivity index (χ0v) is 16.0. The number of aryl methyl sites for hydroxylation is 1. The molecule has 0 bridgehead atoms. The lowest BCUT2D eigenvalue weighted by molar-refractivity contribution is -0.118. The first kappa shape index (κ1) is 19.2. The zero-order chi connectivity index (χ0) is 19.6. The molecule has 3 rings (SSSR count). The molecule has 0 fully saturated rings. The van der Waals surface area contributed by atoms with Crippen molar-refractivity contribution in [3.63, 3.8) is 0 Å². The van der Waals surface area contributed by atoms with Crippen molar-refractivity contribution in [3.05, 3.63) is 47.0 Å². The molecule has 1 aliphatic heterocycles. The van der Waals surface area contributed by atoms with Gasteiger partial charge in [-0.2, -0.15) is 0 Å². The van der Waals surface area contributed by atoms with Gasteiger partial charge in [-0.15, -0.1) is 0 Å². The van der Waals surface area contributed by atoms with Crippen molar-refractivity contribution in [2.24, 2.45) is 0 Å². The number of fused-ring (bicyclic) bond motifs is 1. The van der Waals surface area contributed by atoms with Gasteiger partial charge in [0.2, 0.25) is 5.91 Å². The number of sulfone groups is 1. The summed E-state index contributed by atoms with van der Waals surface area (Å²) in [5, 5.41) is 5.70. The first-order chi connectivity index (χ1) is 12.7. The molecule has 0 atom stereocenters. The Bertz CT molecular complexity index is 1020. The number of nitrogens with one attached hydrogen (secondary N) is 2. The molecule has 0 unspecified atom stereocenters. The fourth-order valence-corrected chi connectivity index (χ4v) is 3.94. The van der Waals surface area contributed by atoms with Gasteiger partial charge in [0.15, 0.2) is 16.4 Å². The molecule has 2 aromatic rings. The number of benzene rings is 2. The Morgan fingerprint density at radius 3 is 2.78 bits per heavy atom. The number of rotatable bonds is 5. The molecule has 0 spiro atoms. The lowest BCUT2D eigenvalue weighted by Gasteiger charge is -2.18. The van der Waals surface area contributed by atoms with Crippen molar-refractivity contribution in [2.45, 2.75) is 18.2 Å². The molecule has 9 heteroatoms. The molecule has 142 valence electrons. The van der Waals surface area contributed by atoms with Gasteiger partial charge in [-0.05, 0) is 42.8 Å². The molecule has 0 aliphatic carbocycles. The largest absolute Gasteiger partial charge is 0.482 e. The minimum atomic E-state index is -3.71. The van der Waals surface area contributed by atoms with Gasteiger partial charge >= 0.3 is 0 Å². The molecule has 2 N–H and O–H groups in total. The summed E-state index contributed by atoms with van der Waals surface area (Å²) in [6.07, 6.45) is -0.215. The molecule has 0 aromatic heterocycles. The van der Waals surface area contributed by atoms with Crippen LogP contribution in [0.25, 0.3) is 0 Å². The van der Waals surface area contributed by atoms with Gasteiger partial charge in [-0.1, -0.05) is 17.7 Å². The predicted octanol–water partition coefficient (Wildman–Crippen LogP) is 2.78. The number of carbonyl (C=O) groups excluding carboxylic acids is 2. The van der Waals surface area contributed by atoms with Crippen molar-refractivity contribution in [2.75, 3.05) is 23.0 Å². The van der Waals surface area contributed by atoms with Crippen LogP contribution in [0.4, 0.5) is 11.4 Å². The van der Waals surface area contributed by atoms with Crippen LogP contribution >= 0.6 is 11.6 Å². The molecule has 2 amide bonds. The second-order valence-corrected chi connectivity index (χ2v) is 8.59. The van der Waals surface area contributed by atoms with E-state index in [9.17, 15) is 18.0 Å². The fourth-order valence-electron chi connectivity index (χ4n) is 2.49. The average Bonchev–Trinajstić information content (AvgIpc) is 2.62. The third-order valence-corrected chi connectivity index (χ3v) is 6.12. The topological polar surface area (TPSA) is 102 Å². The van der Waals surface area contributed by atoms with Crippen LogP contribution in [0.5, 0.6) is 5.75 Å². The third kappa shape index (κ3) is 4.58. The van der Waals surface area contributed by atoms with E-state index in [1.807, 2.05) is 6.92 Å². The summed E-state index contributed by atoms with van der Waals surface area (Å²) in [4.78, 5) is 23.5. The third-order valence-electron chi connectivity index (χ3n) is 4.00. The highest BCUT2D eigenvalue weighted by Gasteiger charge is 2.22. The monoisotopic (exact) mass is 408 g/mol. The minimum Gasteiger partial charge on any atom is -0.482 e. The van der Waals surface area contributed by atoms with Crippen LogP contribution in [0.15, 0.2) is 41.3 Å². The van der Waals surface area contributed by atoms with E-state index in [-0.39, 0.29) is 29.6 Å². The zero-order valence-electron chi connectivity index (χ0n) is 14.4. The highest BCUT2D eigenvalue weighted by molar-refractivity contribution is 7.91. The van der Waals surface area contributed by atoms with E-state index in [0.29, 0.717) is 22.1 Å². The number of carbonyl (C=O) groups is 2. The normalized spacial score (nSPS) is 13.3. The smallest absolute Gasteiger partial charge is 0.262 e. The minimum absolute atomic E-state index is 0.0123. The summed E-state index contributed by atoms with van der Waals surface area (Å²) in [5.41, 5.74) is 1.67. The van der Waals surface area contributed by atoms with E-state index in [4.69, 9.17) is 16.3 Å². The lowest BCUT2D eigenvalue weighted by Crippen LogP contribution is -2.25. The Morgan fingerprint density at radius 2 is 2.04 bits per heavy atom. The van der Waals surface area contributed by atoms with Gasteiger partial charge in [-0.3, -0.25) is 9.59 Å². The molecule has 0 saturated carbocycles. The first-order valence-electron chi connectivity index (χ1n) is 8.10. The van der Waals surface area contributed by atoms with Crippen LogP contribution in [0.2, 0.25) is 5.02 Å². The number of hydrogen-bond acceptors (Lipinski definition) is 5. The summed E-state index contributed by atoms with van der Waals surface area (Å²) in [5.74, 6) is -0.754. The number of amides is 2. The van der Waals surface area contributed by atoms with E-state index in [1.54, 1.807) is 18.2 Å². The summed E-state index contributed by atoms with van der Waals surface area (Å²) in [7, 11) is -3.71. The fraction of sp³-hybridized carbons (Fsp3) is 0.222. The van der Waals surface area contributed by atoms with Crippen LogP contribution in [-0.4, -0.2) is 32.6 Å². The number of halogens is 1. The molecule has 0 radical (unpaired) electrons. The summed E-state index contributed by atoms with van der Waals surface area (Å²) < 4.78 is 30.2. The van der Waals surface area contributed by atoms with Crippen LogP contribution in [0, 0.1) is 6.92 Å². The SMILES string of the molecule is Cc1ccc(NC(=O)CCS(=O)(=O)c2ccc3c(c2)NC(=O)CO3)cc1Cl. The molecule has 1 heterocycles. The first-order valence-corrected chi connectivity index (χ1v) is 10.1. The summed E-state index contributed by atoms with van der Waals surface area (Å²) in [6, 6.07) is 9.27. The van der Waals surface area contributed by atoms with Crippen LogP contribution in [0.3, 0.4) is 0 Å². The van der Waals surface area contributed by atoms with Gasteiger partial charge in [0.05, 0.1) is 16.3 Å². The molecule has 1 aliphatic rings. The van der Waals surface area contributed by atoms with Crippen LogP contribution in [0.1, 0.15) is 12.0 Å². The molecular formula is C18H17ClN2O5S. The lowest BCUT2D eigenvalue weighted by atomic mass is 10.2. The van der Waals surface area contributed by atoms with Gasteiger partial charge in [0.1, 0.15) is 5.75 Å². The van der Waals surface area contributed by atoms with Crippen molar-refractivity contribution in [1.29, 1.82) is 0 Å². The maximum absolute atomic E-state index is 12.5. The van der Waals surface area contributed by atoms with Crippen LogP contribution in [-0.2, 0) is 19.4 Å². The molecular weight excluding hydrogens is 392 g/mol. The second kappa shape index (κ2) is 7.58. The Labute approximate surface area is 161 Å². The maximum atomic E-state index is 12.5. The van der Waals surface area contributed by atoms with E-state index < -0.39 is 15.7 Å². The van der Waals surface area contributed by atoms with Gasteiger partial charge in [-0.25, -0.2) is 8.42 Å². The van der Waals surface area contributed by atoms with E-state index in [0.717, 1.165) is 5.56 Å². The number of hydrogen-bond donors (Lipinski definition) is 2. The van der Waals surface area contributed by atoms with Crippen molar-refractivity contribution in [3.8, 4) is 5.75 Å². The van der Waals surface area contributed by atoms with Crippen molar-refractivity contribution < 1.29 is 22.7 Å². The van der Waals surface area contributed by atoms with Crippen molar-refractivity contribution in [1.82, 2.24) is 0 Å². The Kier molecular flexibility index (Phi) is 5.38. The molecule has 0 saturated heterocycles. The summed E-state index contributed by atoms with van der Waals surface area (Å²) in [6.45, 7) is 1.73. The summed E-state index contributed by atoms with van der Waals surface area (Å²) >= 11 is 6.01. The quantitative estimate of drug-likeness (QED) is 0.792. The van der Waals surface area contributed by atoms with E-state index in [1.165, 1.54) is 18.2 Å². The van der Waals surface area contributed by atoms with Crippen LogP contribution < -0.4 is 15.4 Å².